The summed E-state index contributed by atoms with van der Waals surface area (Å²) in [6.07, 6.45) is 0. The van der Waals surface area contributed by atoms with Crippen LogP contribution in [0.5, 0.6) is 0 Å². The molecule has 0 atom stereocenters. The second-order valence-corrected chi connectivity index (χ2v) is 2.91. The molecule has 0 unspecified atom stereocenters. The number of anilines is 1. The predicted octanol–water partition coefficient (Wildman–Crippen LogP) is 1.93. The minimum Gasteiger partial charge on any atom is -0.323 e. The number of halogens is 2. The van der Waals surface area contributed by atoms with E-state index in [0.29, 0.717) is 5.69 Å². The Morgan fingerprint density at radius 3 is 3.00 bits per heavy atom. The Kier molecular flexibility index (Phi) is 3.78. The number of alkyl halides is 2. The Bertz CT molecular complexity index is 263. The van der Waals surface area contributed by atoms with Crippen LogP contribution in [0.3, 0.4) is 0 Å². The lowest BCUT2D eigenvalue weighted by Crippen LogP contribution is -2.19. The second kappa shape index (κ2) is 4.88. The van der Waals surface area contributed by atoms with Crippen molar-refractivity contribution in [3.63, 3.8) is 0 Å². The maximum absolute atomic E-state index is 11.5. The van der Waals surface area contributed by atoms with E-state index in [2.05, 4.69) is 10.1 Å². The van der Waals surface area contributed by atoms with Gasteiger partial charge in [0.25, 0.3) is 5.91 Å². The SMILES string of the molecule is O=C(COC(F)F)Nc1ccsc1. The van der Waals surface area contributed by atoms with Gasteiger partial charge in [0.2, 0.25) is 0 Å². The molecule has 6 heteroatoms. The summed E-state index contributed by atoms with van der Waals surface area (Å²) in [5, 5.41) is 5.85. The molecule has 1 N–H and O–H groups in total. The highest BCUT2D eigenvalue weighted by Gasteiger charge is 2.07. The monoisotopic (exact) mass is 207 g/mol. The number of ether oxygens (including phenoxy) is 1. The third kappa shape index (κ3) is 3.95. The molecule has 0 aliphatic heterocycles. The van der Waals surface area contributed by atoms with Gasteiger partial charge in [-0.25, -0.2) is 0 Å². The zero-order valence-corrected chi connectivity index (χ0v) is 7.31. The molecule has 1 aromatic rings. The molecule has 0 aromatic carbocycles. The fourth-order valence-corrected chi connectivity index (χ4v) is 1.26. The van der Waals surface area contributed by atoms with E-state index >= 15 is 0 Å². The molecule has 0 saturated carbocycles. The maximum Gasteiger partial charge on any atom is 0.345 e. The van der Waals surface area contributed by atoms with Crippen molar-refractivity contribution >= 4 is 22.9 Å². The van der Waals surface area contributed by atoms with Crippen molar-refractivity contribution in [2.45, 2.75) is 6.61 Å². The van der Waals surface area contributed by atoms with Gasteiger partial charge in [-0.2, -0.15) is 20.1 Å². The first-order valence-corrected chi connectivity index (χ1v) is 4.34. The van der Waals surface area contributed by atoms with E-state index in [-0.39, 0.29) is 0 Å². The fourth-order valence-electron chi connectivity index (χ4n) is 0.671. The molecule has 72 valence electrons. The predicted molar refractivity (Wildman–Crippen MR) is 44.9 cm³/mol. The van der Waals surface area contributed by atoms with Crippen molar-refractivity contribution in [3.05, 3.63) is 16.8 Å². The van der Waals surface area contributed by atoms with Crippen LogP contribution >= 0.6 is 11.3 Å². The van der Waals surface area contributed by atoms with Gasteiger partial charge in [0.05, 0.1) is 5.69 Å². The molecule has 0 bridgehead atoms. The molecule has 0 aliphatic carbocycles. The average Bonchev–Trinajstić information content (AvgIpc) is 2.53. The first-order valence-electron chi connectivity index (χ1n) is 3.40. The zero-order chi connectivity index (χ0) is 9.68. The van der Waals surface area contributed by atoms with Crippen LogP contribution in [-0.2, 0) is 9.53 Å². The molecular weight excluding hydrogens is 200 g/mol. The van der Waals surface area contributed by atoms with Crippen LogP contribution in [0.2, 0.25) is 0 Å². The lowest BCUT2D eigenvalue weighted by Gasteiger charge is -2.02. The number of nitrogens with one attached hydrogen (secondary N) is 1. The highest BCUT2D eigenvalue weighted by molar-refractivity contribution is 7.08. The van der Waals surface area contributed by atoms with Crippen molar-refractivity contribution < 1.29 is 18.3 Å². The number of rotatable bonds is 4. The molecule has 1 rings (SSSR count). The quantitative estimate of drug-likeness (QED) is 0.819. The smallest absolute Gasteiger partial charge is 0.323 e. The van der Waals surface area contributed by atoms with Crippen LogP contribution in [-0.4, -0.2) is 19.1 Å². The summed E-state index contributed by atoms with van der Waals surface area (Å²) in [5.74, 6) is -0.585. The number of thiophene rings is 1. The van der Waals surface area contributed by atoms with Crippen LogP contribution in [0.15, 0.2) is 16.8 Å². The minimum atomic E-state index is -2.91. The molecule has 0 fully saturated rings. The van der Waals surface area contributed by atoms with E-state index in [1.807, 2.05) is 0 Å². The Balaban J connectivity index is 2.26. The molecule has 0 aliphatic rings. The Morgan fingerprint density at radius 2 is 2.46 bits per heavy atom. The molecule has 3 nitrogen and oxygen atoms in total. The molecule has 1 heterocycles. The van der Waals surface area contributed by atoms with Gasteiger partial charge in [0.15, 0.2) is 0 Å². The first kappa shape index (κ1) is 10.1. The van der Waals surface area contributed by atoms with Crippen LogP contribution < -0.4 is 5.32 Å². The van der Waals surface area contributed by atoms with E-state index in [1.54, 1.807) is 16.8 Å². The number of hydrogen-bond donors (Lipinski definition) is 1. The van der Waals surface area contributed by atoms with Crippen molar-refractivity contribution in [1.82, 2.24) is 0 Å². The third-order valence-corrected chi connectivity index (χ3v) is 1.83. The summed E-state index contributed by atoms with van der Waals surface area (Å²) in [6, 6.07) is 1.67. The second-order valence-electron chi connectivity index (χ2n) is 2.13. The topological polar surface area (TPSA) is 38.3 Å². The van der Waals surface area contributed by atoms with Crippen LogP contribution in [0.1, 0.15) is 0 Å². The Labute approximate surface area is 77.3 Å². The van der Waals surface area contributed by atoms with Crippen LogP contribution in [0.25, 0.3) is 0 Å². The number of carbonyl (C=O) groups excluding carboxylic acids is 1. The van der Waals surface area contributed by atoms with Gasteiger partial charge in [0.1, 0.15) is 6.61 Å². The van der Waals surface area contributed by atoms with E-state index in [9.17, 15) is 13.6 Å². The summed E-state index contributed by atoms with van der Waals surface area (Å²) in [6.45, 7) is -3.54. The molecule has 0 saturated heterocycles. The van der Waals surface area contributed by atoms with E-state index in [0.717, 1.165) is 0 Å². The van der Waals surface area contributed by atoms with Crippen molar-refractivity contribution in [2.24, 2.45) is 0 Å². The van der Waals surface area contributed by atoms with E-state index in [4.69, 9.17) is 0 Å². The summed E-state index contributed by atoms with van der Waals surface area (Å²) >= 11 is 1.40. The third-order valence-electron chi connectivity index (χ3n) is 1.15. The van der Waals surface area contributed by atoms with Gasteiger partial charge >= 0.3 is 6.61 Å². The summed E-state index contributed by atoms with van der Waals surface area (Å²) in [4.78, 5) is 10.9. The van der Waals surface area contributed by atoms with Gasteiger partial charge in [-0.1, -0.05) is 0 Å². The van der Waals surface area contributed by atoms with E-state index < -0.39 is 19.1 Å². The highest BCUT2D eigenvalue weighted by Crippen LogP contribution is 2.11. The number of hydrogen-bond acceptors (Lipinski definition) is 3. The van der Waals surface area contributed by atoms with E-state index in [1.165, 1.54) is 11.3 Å². The summed E-state index contributed by atoms with van der Waals surface area (Å²) in [7, 11) is 0. The molecule has 0 radical (unpaired) electrons. The van der Waals surface area contributed by atoms with Gasteiger partial charge in [-0.05, 0) is 11.4 Å². The first-order chi connectivity index (χ1) is 6.18. The summed E-state index contributed by atoms with van der Waals surface area (Å²) < 4.78 is 26.8. The lowest BCUT2D eigenvalue weighted by molar-refractivity contribution is -0.148. The van der Waals surface area contributed by atoms with Crippen molar-refractivity contribution in [2.75, 3.05) is 11.9 Å². The number of amides is 1. The van der Waals surface area contributed by atoms with Crippen molar-refractivity contribution in [1.29, 1.82) is 0 Å². The molecular formula is C7H7F2NO2S. The lowest BCUT2D eigenvalue weighted by atomic mass is 10.5. The fraction of sp³-hybridized carbons (Fsp3) is 0.286. The largest absolute Gasteiger partial charge is 0.345 e. The highest BCUT2D eigenvalue weighted by atomic mass is 32.1. The van der Waals surface area contributed by atoms with Crippen LogP contribution in [0, 0.1) is 0 Å². The van der Waals surface area contributed by atoms with Crippen LogP contribution in [0.4, 0.5) is 14.5 Å². The summed E-state index contributed by atoms with van der Waals surface area (Å²) in [5.41, 5.74) is 0.591. The number of carbonyl (C=O) groups is 1. The van der Waals surface area contributed by atoms with Gasteiger partial charge < -0.3 is 10.1 Å². The zero-order valence-electron chi connectivity index (χ0n) is 6.50. The standard InChI is InChI=1S/C7H7F2NO2S/c8-7(9)12-3-6(11)10-5-1-2-13-4-5/h1-2,4,7H,3H2,(H,10,11). The maximum atomic E-state index is 11.5. The average molecular weight is 207 g/mol. The molecule has 1 amide bonds. The van der Waals surface area contributed by atoms with Gasteiger partial charge in [-0.3, -0.25) is 4.79 Å². The van der Waals surface area contributed by atoms with Gasteiger partial charge in [0, 0.05) is 5.38 Å². The minimum absolute atomic E-state index is 0.585. The van der Waals surface area contributed by atoms with Gasteiger partial charge in [-0.15, -0.1) is 0 Å². The molecule has 0 spiro atoms. The normalized spacial score (nSPS) is 10.4. The Hall–Kier alpha value is -1.01. The Morgan fingerprint density at radius 1 is 1.69 bits per heavy atom. The molecule has 1 aromatic heterocycles. The van der Waals surface area contributed by atoms with Crippen molar-refractivity contribution in [3.8, 4) is 0 Å². The molecule has 13 heavy (non-hydrogen) atoms.